The molecule has 0 unspecified atom stereocenters. The van der Waals surface area contributed by atoms with E-state index in [0.717, 1.165) is 46.4 Å². The van der Waals surface area contributed by atoms with Crippen LogP contribution in [0.25, 0.3) is 10.9 Å². The molecule has 0 radical (unpaired) electrons. The van der Waals surface area contributed by atoms with Crippen LogP contribution >= 0.6 is 11.6 Å². The van der Waals surface area contributed by atoms with Gasteiger partial charge < -0.3 is 24.9 Å². The molecule has 1 aliphatic heterocycles. The van der Waals surface area contributed by atoms with Crippen molar-refractivity contribution in [3.63, 3.8) is 0 Å². The largest absolute Gasteiger partial charge is 0.494 e. The van der Waals surface area contributed by atoms with Gasteiger partial charge in [-0.05, 0) is 79.9 Å². The van der Waals surface area contributed by atoms with Crippen molar-refractivity contribution in [3.8, 4) is 11.5 Å². The fourth-order valence-electron chi connectivity index (χ4n) is 4.91. The van der Waals surface area contributed by atoms with Crippen molar-refractivity contribution < 1.29 is 19.4 Å². The van der Waals surface area contributed by atoms with E-state index in [1.165, 1.54) is 5.56 Å². The van der Waals surface area contributed by atoms with Crippen molar-refractivity contribution in [1.82, 2.24) is 15.2 Å². The molecular formula is C30H32ClN3O4. The first kappa shape index (κ1) is 26.1. The lowest BCUT2D eigenvalue weighted by atomic mass is 9.92. The number of carbonyl (C=O) groups excluding carboxylic acids is 1. The lowest BCUT2D eigenvalue weighted by Crippen LogP contribution is -2.42. The molecule has 38 heavy (non-hydrogen) atoms. The summed E-state index contributed by atoms with van der Waals surface area (Å²) in [7, 11) is 0. The van der Waals surface area contributed by atoms with E-state index < -0.39 is 6.09 Å². The molecule has 4 aromatic rings. The Morgan fingerprint density at radius 2 is 1.84 bits per heavy atom. The molecule has 0 saturated heterocycles. The molecule has 5 rings (SSSR count). The number of rotatable bonds is 9. The third-order valence-electron chi connectivity index (χ3n) is 6.80. The Kier molecular flexibility index (Phi) is 8.17. The highest BCUT2D eigenvalue weighted by atomic mass is 35.5. The summed E-state index contributed by atoms with van der Waals surface area (Å²) in [5.74, 6) is 1.29. The van der Waals surface area contributed by atoms with Gasteiger partial charge in [0.05, 0.1) is 13.2 Å². The molecule has 1 aromatic heterocycles. The summed E-state index contributed by atoms with van der Waals surface area (Å²) in [5.41, 5.74) is 5.20. The van der Waals surface area contributed by atoms with E-state index in [9.17, 15) is 4.79 Å². The minimum absolute atomic E-state index is 0.129. The fourth-order valence-corrected chi connectivity index (χ4v) is 5.08. The number of aliphatic hydroxyl groups excluding tert-OH is 1. The Morgan fingerprint density at radius 3 is 2.61 bits per heavy atom. The van der Waals surface area contributed by atoms with Gasteiger partial charge in [-0.25, -0.2) is 4.79 Å². The number of halogens is 1. The van der Waals surface area contributed by atoms with E-state index in [-0.39, 0.29) is 12.6 Å². The summed E-state index contributed by atoms with van der Waals surface area (Å²) < 4.78 is 11.7. The minimum atomic E-state index is -0.392. The van der Waals surface area contributed by atoms with Crippen molar-refractivity contribution in [2.75, 3.05) is 32.8 Å². The van der Waals surface area contributed by atoms with Gasteiger partial charge in [-0.2, -0.15) is 0 Å². The summed E-state index contributed by atoms with van der Waals surface area (Å²) in [6.45, 7) is 4.58. The molecule has 3 aromatic carbocycles. The van der Waals surface area contributed by atoms with Gasteiger partial charge in [-0.15, -0.1) is 0 Å². The van der Waals surface area contributed by atoms with Crippen LogP contribution in [0.2, 0.25) is 5.02 Å². The molecule has 8 heteroatoms. The normalized spacial score (nSPS) is 14.9. The van der Waals surface area contributed by atoms with Crippen molar-refractivity contribution in [2.45, 2.75) is 25.8 Å². The van der Waals surface area contributed by atoms with Gasteiger partial charge in [0.1, 0.15) is 17.5 Å². The third kappa shape index (κ3) is 5.80. The number of ether oxygens (including phenoxy) is 2. The van der Waals surface area contributed by atoms with Crippen LogP contribution in [0.4, 0.5) is 4.79 Å². The molecule has 198 valence electrons. The lowest BCUT2D eigenvalue weighted by molar-refractivity contribution is 0.135. The number of carbonyl (C=O) groups is 1. The number of nitrogens with one attached hydrogen (secondary N) is 2. The number of aromatic nitrogens is 1. The number of nitrogens with zero attached hydrogens (tertiary/aromatic N) is 1. The smallest absolute Gasteiger partial charge is 0.416 e. The van der Waals surface area contributed by atoms with Crippen LogP contribution in [0.3, 0.4) is 0 Å². The van der Waals surface area contributed by atoms with Crippen molar-refractivity contribution in [3.05, 3.63) is 94.1 Å². The zero-order valence-electron chi connectivity index (χ0n) is 21.4. The van der Waals surface area contributed by atoms with E-state index in [1.807, 2.05) is 73.7 Å². The second kappa shape index (κ2) is 11.9. The van der Waals surface area contributed by atoms with Gasteiger partial charge in [0.25, 0.3) is 0 Å². The number of aromatic amines is 1. The number of amides is 1. The molecule has 1 amide bonds. The predicted molar refractivity (Wildman–Crippen MR) is 149 cm³/mol. The van der Waals surface area contributed by atoms with Crippen LogP contribution in [0.15, 0.2) is 66.7 Å². The SMILES string of the molecule is Cc1ccc(OC(=O)N2CCc3c([nH]c4ccc(Cl)cc34)[C@@H]2c2ccc(OCCCNCCO)cc2)cc1. The van der Waals surface area contributed by atoms with Gasteiger partial charge in [-0.1, -0.05) is 41.4 Å². The molecule has 0 saturated carbocycles. The second-order valence-electron chi connectivity index (χ2n) is 9.48. The highest BCUT2D eigenvalue weighted by Gasteiger charge is 2.35. The number of fused-ring (bicyclic) bond motifs is 3. The van der Waals surface area contributed by atoms with Crippen LogP contribution in [0.1, 0.15) is 34.8 Å². The van der Waals surface area contributed by atoms with Gasteiger partial charge in [0.15, 0.2) is 0 Å². The average Bonchev–Trinajstić information content (AvgIpc) is 3.29. The van der Waals surface area contributed by atoms with Crippen LogP contribution in [0, 0.1) is 6.92 Å². The average molecular weight is 534 g/mol. The van der Waals surface area contributed by atoms with Crippen LogP contribution in [-0.4, -0.2) is 53.9 Å². The summed E-state index contributed by atoms with van der Waals surface area (Å²) in [6.07, 6.45) is 1.14. The van der Waals surface area contributed by atoms with Gasteiger partial charge in [-0.3, -0.25) is 4.90 Å². The van der Waals surface area contributed by atoms with Gasteiger partial charge in [0.2, 0.25) is 0 Å². The summed E-state index contributed by atoms with van der Waals surface area (Å²) >= 11 is 6.32. The Morgan fingerprint density at radius 1 is 1.08 bits per heavy atom. The lowest BCUT2D eigenvalue weighted by Gasteiger charge is -2.35. The van der Waals surface area contributed by atoms with Crippen LogP contribution in [-0.2, 0) is 6.42 Å². The van der Waals surface area contributed by atoms with E-state index in [4.69, 9.17) is 26.2 Å². The van der Waals surface area contributed by atoms with E-state index >= 15 is 0 Å². The van der Waals surface area contributed by atoms with Crippen LogP contribution < -0.4 is 14.8 Å². The molecule has 2 heterocycles. The zero-order valence-corrected chi connectivity index (χ0v) is 22.1. The molecule has 3 N–H and O–H groups in total. The Labute approximate surface area is 227 Å². The molecule has 1 aliphatic rings. The Hall–Kier alpha value is -3.52. The number of aliphatic hydroxyl groups is 1. The Bertz CT molecular complexity index is 1390. The number of benzene rings is 3. The topological polar surface area (TPSA) is 86.8 Å². The zero-order chi connectivity index (χ0) is 26.5. The highest BCUT2D eigenvalue weighted by Crippen LogP contribution is 2.40. The van der Waals surface area contributed by atoms with E-state index in [1.54, 1.807) is 4.90 Å². The number of hydrogen-bond donors (Lipinski definition) is 3. The standard InChI is InChI=1S/C30H32ClN3O4/c1-20-3-8-24(9-4-20)38-30(36)34-16-13-25-26-19-22(31)7-12-27(26)33-28(25)29(34)21-5-10-23(11-6-21)37-18-2-14-32-15-17-35/h3-12,19,29,32-33,35H,2,13-18H2,1H3/t29-/m0/s1. The maximum absolute atomic E-state index is 13.5. The van der Waals surface area contributed by atoms with E-state index in [0.29, 0.717) is 36.9 Å². The fraction of sp³-hybridized carbons (Fsp3) is 0.300. The maximum Gasteiger partial charge on any atom is 0.416 e. The molecule has 0 bridgehead atoms. The van der Waals surface area contributed by atoms with Crippen LogP contribution in [0.5, 0.6) is 11.5 Å². The molecule has 7 nitrogen and oxygen atoms in total. The highest BCUT2D eigenvalue weighted by molar-refractivity contribution is 6.31. The van der Waals surface area contributed by atoms with E-state index in [2.05, 4.69) is 10.3 Å². The number of aryl methyl sites for hydroxylation is 1. The number of hydrogen-bond acceptors (Lipinski definition) is 5. The summed E-state index contributed by atoms with van der Waals surface area (Å²) in [5, 5.41) is 13.8. The Balaban J connectivity index is 1.41. The first-order valence-electron chi connectivity index (χ1n) is 12.9. The third-order valence-corrected chi connectivity index (χ3v) is 7.04. The number of H-pyrrole nitrogens is 1. The van der Waals surface area contributed by atoms with Gasteiger partial charge >= 0.3 is 6.09 Å². The first-order valence-corrected chi connectivity index (χ1v) is 13.3. The molecule has 0 aliphatic carbocycles. The van der Waals surface area contributed by atoms with Crippen molar-refractivity contribution >= 4 is 28.6 Å². The van der Waals surface area contributed by atoms with Crippen molar-refractivity contribution in [2.24, 2.45) is 0 Å². The quantitative estimate of drug-likeness (QED) is 0.243. The minimum Gasteiger partial charge on any atom is -0.494 e. The maximum atomic E-state index is 13.5. The molecule has 1 atom stereocenters. The van der Waals surface area contributed by atoms with Crippen molar-refractivity contribution in [1.29, 1.82) is 0 Å². The predicted octanol–water partition coefficient (Wildman–Crippen LogP) is 5.63. The summed E-state index contributed by atoms with van der Waals surface area (Å²) in [6, 6.07) is 20.9. The second-order valence-corrected chi connectivity index (χ2v) is 9.92. The molecular weight excluding hydrogens is 502 g/mol. The van der Waals surface area contributed by atoms with Gasteiger partial charge in [0, 0.05) is 34.7 Å². The molecule has 0 spiro atoms. The first-order chi connectivity index (χ1) is 18.5. The summed E-state index contributed by atoms with van der Waals surface area (Å²) in [4.78, 5) is 18.8. The monoisotopic (exact) mass is 533 g/mol. The molecule has 0 fully saturated rings.